The fraction of sp³-hybridized carbons (Fsp3) is 0.190. The number of para-hydroxylation sites is 2. The van der Waals surface area contributed by atoms with Crippen LogP contribution in [0, 0.1) is 0 Å². The molecule has 2 aromatic carbocycles. The van der Waals surface area contributed by atoms with Crippen molar-refractivity contribution in [1.82, 2.24) is 9.88 Å². The second-order valence-electron chi connectivity index (χ2n) is 6.08. The normalized spacial score (nSPS) is 11.0. The van der Waals surface area contributed by atoms with Gasteiger partial charge >= 0.3 is 5.97 Å². The Morgan fingerprint density at radius 2 is 1.93 bits per heavy atom. The number of oxazole rings is 1. The van der Waals surface area contributed by atoms with Crippen molar-refractivity contribution < 1.29 is 23.5 Å². The van der Waals surface area contributed by atoms with E-state index in [9.17, 15) is 9.59 Å². The quantitative estimate of drug-likeness (QED) is 0.414. The molecule has 0 atom stereocenters. The summed E-state index contributed by atoms with van der Waals surface area (Å²) in [5.41, 5.74) is 1.32. The summed E-state index contributed by atoms with van der Waals surface area (Å²) in [7, 11) is 1.61. The fourth-order valence-electron chi connectivity index (χ4n) is 2.35. The van der Waals surface area contributed by atoms with Gasteiger partial charge in [0, 0.05) is 24.2 Å². The molecular weight excluding hydrogens is 396 g/mol. The van der Waals surface area contributed by atoms with Gasteiger partial charge < -0.3 is 18.8 Å². The monoisotopic (exact) mass is 414 g/mol. The lowest BCUT2D eigenvalue weighted by atomic mass is 10.3. The molecule has 0 saturated heterocycles. The molecule has 0 N–H and O–H groups in total. The molecule has 3 rings (SSSR count). The maximum absolute atomic E-state index is 12.0. The van der Waals surface area contributed by atoms with Crippen LogP contribution in [0.2, 0.25) is 5.02 Å². The molecule has 1 amide bonds. The highest BCUT2D eigenvalue weighted by molar-refractivity contribution is 6.30. The van der Waals surface area contributed by atoms with Gasteiger partial charge in [0.05, 0.1) is 6.54 Å². The lowest BCUT2D eigenvalue weighted by Gasteiger charge is -2.17. The molecule has 0 fully saturated rings. The van der Waals surface area contributed by atoms with Crippen LogP contribution in [0.25, 0.3) is 17.2 Å². The molecule has 0 aliphatic rings. The van der Waals surface area contributed by atoms with E-state index in [4.69, 9.17) is 25.5 Å². The number of carbonyl (C=O) groups excluding carboxylic acids is 2. The molecule has 8 heteroatoms. The van der Waals surface area contributed by atoms with Crippen molar-refractivity contribution >= 4 is 40.7 Å². The Morgan fingerprint density at radius 3 is 2.69 bits per heavy atom. The van der Waals surface area contributed by atoms with Crippen molar-refractivity contribution in [3.8, 4) is 5.75 Å². The summed E-state index contributed by atoms with van der Waals surface area (Å²) < 4.78 is 16.0. The Balaban J connectivity index is 1.39. The zero-order valence-corrected chi connectivity index (χ0v) is 16.5. The summed E-state index contributed by atoms with van der Waals surface area (Å²) in [4.78, 5) is 29.5. The van der Waals surface area contributed by atoms with Crippen molar-refractivity contribution in [2.24, 2.45) is 0 Å². The maximum Gasteiger partial charge on any atom is 0.331 e. The van der Waals surface area contributed by atoms with Crippen LogP contribution in [0.1, 0.15) is 5.89 Å². The molecule has 150 valence electrons. The number of amides is 1. The average molecular weight is 415 g/mol. The van der Waals surface area contributed by atoms with E-state index in [1.165, 1.54) is 17.1 Å². The van der Waals surface area contributed by atoms with E-state index in [1.807, 2.05) is 12.1 Å². The number of fused-ring (bicyclic) bond motifs is 1. The number of hydrogen-bond donors (Lipinski definition) is 0. The Labute approximate surface area is 172 Å². The molecule has 1 aromatic heterocycles. The predicted molar refractivity (Wildman–Crippen MR) is 109 cm³/mol. The first-order valence-electron chi connectivity index (χ1n) is 8.84. The Bertz CT molecular complexity index is 980. The summed E-state index contributed by atoms with van der Waals surface area (Å²) >= 11 is 5.81. The minimum absolute atomic E-state index is 0.283. The molecule has 29 heavy (non-hydrogen) atoms. The number of likely N-dealkylation sites (N-methyl/N-ethyl adjacent to an activating group) is 1. The zero-order chi connectivity index (χ0) is 20.6. The lowest BCUT2D eigenvalue weighted by Crippen LogP contribution is -2.34. The van der Waals surface area contributed by atoms with Crippen LogP contribution in [0.15, 0.2) is 59.0 Å². The van der Waals surface area contributed by atoms with Gasteiger partial charge in [-0.1, -0.05) is 23.7 Å². The lowest BCUT2D eigenvalue weighted by molar-refractivity contribution is -0.147. The first-order chi connectivity index (χ1) is 14.0. The Morgan fingerprint density at radius 1 is 1.17 bits per heavy atom. The third kappa shape index (κ3) is 6.08. The van der Waals surface area contributed by atoms with Gasteiger partial charge in [-0.15, -0.1) is 0 Å². The number of esters is 1. The van der Waals surface area contributed by atoms with Gasteiger partial charge in [-0.2, -0.15) is 0 Å². The van der Waals surface area contributed by atoms with Crippen molar-refractivity contribution in [2.75, 3.05) is 26.8 Å². The number of benzene rings is 2. The summed E-state index contributed by atoms with van der Waals surface area (Å²) in [6.45, 7) is 0.279. The van der Waals surface area contributed by atoms with Crippen LogP contribution >= 0.6 is 11.6 Å². The summed E-state index contributed by atoms with van der Waals surface area (Å²) in [6.07, 6.45) is 2.57. The number of halogens is 1. The van der Waals surface area contributed by atoms with Gasteiger partial charge in [-0.25, -0.2) is 9.78 Å². The van der Waals surface area contributed by atoms with E-state index in [1.54, 1.807) is 43.4 Å². The highest BCUT2D eigenvalue weighted by Gasteiger charge is 2.11. The Hall–Kier alpha value is -3.32. The molecule has 7 nitrogen and oxygen atoms in total. The van der Waals surface area contributed by atoms with Crippen LogP contribution in [-0.2, 0) is 14.3 Å². The van der Waals surface area contributed by atoms with E-state index < -0.39 is 5.97 Å². The van der Waals surface area contributed by atoms with Gasteiger partial charge in [0.25, 0.3) is 5.91 Å². The van der Waals surface area contributed by atoms with Crippen molar-refractivity contribution in [3.63, 3.8) is 0 Å². The van der Waals surface area contributed by atoms with E-state index in [2.05, 4.69) is 4.98 Å². The first-order valence-corrected chi connectivity index (χ1v) is 9.22. The molecule has 0 saturated carbocycles. The molecule has 0 spiro atoms. The molecule has 3 aromatic rings. The average Bonchev–Trinajstić information content (AvgIpc) is 3.15. The van der Waals surface area contributed by atoms with E-state index in [0.717, 1.165) is 0 Å². The van der Waals surface area contributed by atoms with E-state index in [-0.39, 0.29) is 18.4 Å². The van der Waals surface area contributed by atoms with Crippen molar-refractivity contribution in [3.05, 3.63) is 65.5 Å². The third-order valence-corrected chi connectivity index (χ3v) is 4.20. The largest absolute Gasteiger partial charge is 0.492 e. The second-order valence-corrected chi connectivity index (χ2v) is 6.51. The standard InChI is InChI=1S/C21H19ClN2O5/c1-24(12-13-27-16-8-6-15(22)7-9-16)20(25)14-28-21(26)11-10-19-23-17-4-2-3-5-18(17)29-19/h2-11H,12-14H2,1H3/b11-10+. The third-order valence-electron chi connectivity index (χ3n) is 3.95. The van der Waals surface area contributed by atoms with Gasteiger partial charge in [0.2, 0.25) is 5.89 Å². The van der Waals surface area contributed by atoms with Crippen LogP contribution in [-0.4, -0.2) is 48.6 Å². The summed E-state index contributed by atoms with van der Waals surface area (Å²) in [5.74, 6) is -0.0586. The smallest absolute Gasteiger partial charge is 0.331 e. The molecule has 0 radical (unpaired) electrons. The molecular formula is C21H19ClN2O5. The van der Waals surface area contributed by atoms with Crippen LogP contribution in [0.3, 0.4) is 0 Å². The molecule has 0 aliphatic heterocycles. The van der Waals surface area contributed by atoms with Gasteiger partial charge in [0.15, 0.2) is 12.2 Å². The minimum atomic E-state index is -0.661. The number of hydrogen-bond acceptors (Lipinski definition) is 6. The number of nitrogens with zero attached hydrogens (tertiary/aromatic N) is 2. The zero-order valence-electron chi connectivity index (χ0n) is 15.7. The molecule has 1 heterocycles. The molecule has 0 unspecified atom stereocenters. The van der Waals surface area contributed by atoms with Crippen LogP contribution in [0.5, 0.6) is 5.75 Å². The first kappa shape index (κ1) is 20.4. The van der Waals surface area contributed by atoms with Gasteiger partial charge in [-0.3, -0.25) is 4.79 Å². The second kappa shape index (κ2) is 9.75. The minimum Gasteiger partial charge on any atom is -0.492 e. The summed E-state index contributed by atoms with van der Waals surface area (Å²) in [5, 5.41) is 0.622. The van der Waals surface area contributed by atoms with Crippen molar-refractivity contribution in [2.45, 2.75) is 0 Å². The van der Waals surface area contributed by atoms with Gasteiger partial charge in [0.1, 0.15) is 17.9 Å². The number of carbonyl (C=O) groups is 2. The Kier molecular flexibility index (Phi) is 6.86. The van der Waals surface area contributed by atoms with Crippen LogP contribution < -0.4 is 4.74 Å². The molecule has 0 bridgehead atoms. The highest BCUT2D eigenvalue weighted by atomic mass is 35.5. The van der Waals surface area contributed by atoms with E-state index >= 15 is 0 Å². The van der Waals surface area contributed by atoms with Gasteiger partial charge in [-0.05, 0) is 36.4 Å². The maximum atomic E-state index is 12.0. The highest BCUT2D eigenvalue weighted by Crippen LogP contribution is 2.16. The molecule has 0 aliphatic carbocycles. The fourth-order valence-corrected chi connectivity index (χ4v) is 2.47. The summed E-state index contributed by atoms with van der Waals surface area (Å²) in [6, 6.07) is 14.2. The SMILES string of the molecule is CN(CCOc1ccc(Cl)cc1)C(=O)COC(=O)/C=C/c1nc2ccccc2o1. The topological polar surface area (TPSA) is 81.9 Å². The van der Waals surface area contributed by atoms with Crippen LogP contribution in [0.4, 0.5) is 0 Å². The van der Waals surface area contributed by atoms with E-state index in [0.29, 0.717) is 35.0 Å². The van der Waals surface area contributed by atoms with Crippen molar-refractivity contribution in [1.29, 1.82) is 0 Å². The number of aromatic nitrogens is 1. The predicted octanol–water partition coefficient (Wildman–Crippen LogP) is 3.58. The number of ether oxygens (including phenoxy) is 2. The number of rotatable bonds is 8.